The molecule has 0 N–H and O–H groups in total. The molecular formula is C21H26N3NaO4S. The molecule has 0 bridgehead atoms. The van der Waals surface area contributed by atoms with E-state index < -0.39 is 10.5 Å². The van der Waals surface area contributed by atoms with Crippen molar-refractivity contribution in [2.24, 2.45) is 10.9 Å². The average molecular weight is 440 g/mol. The Balaban J connectivity index is 0.00000320. The minimum Gasteiger partial charge on any atom is -0.585 e. The van der Waals surface area contributed by atoms with Gasteiger partial charge in [0.05, 0.1) is 29.7 Å². The number of amidine groups is 1. The molecule has 3 aliphatic rings. The number of carbonyl (C=O) groups excluding carboxylic acids is 3. The molecule has 2 fully saturated rings. The van der Waals surface area contributed by atoms with Crippen LogP contribution < -0.4 is 29.6 Å². The standard InChI is InChI=1S/C21H27N3O4S.Na/c1-3-15(8-4-7-11-18-19(25)23-21(27)29-18)28-13-12-24-14(2)22-17-10-6-5-9-16(17)20(24)26;/h3-4,7-8,16-18H,1,5-6,9-13H2,2H3,(H,23,25,27);/q;+1/p-1/b7-4+,15-8+;. The Bertz CT molecular complexity index is 780. The summed E-state index contributed by atoms with van der Waals surface area (Å²) in [6.07, 6.45) is 11.5. The van der Waals surface area contributed by atoms with Gasteiger partial charge >= 0.3 is 29.6 Å². The molecule has 9 heteroatoms. The molecular weight excluding hydrogens is 413 g/mol. The third kappa shape index (κ3) is 6.33. The predicted octanol–water partition coefficient (Wildman–Crippen LogP) is 0.978. The van der Waals surface area contributed by atoms with Gasteiger partial charge in [-0.1, -0.05) is 43.3 Å². The van der Waals surface area contributed by atoms with E-state index in [9.17, 15) is 14.4 Å². The maximum atomic E-state index is 12.8. The van der Waals surface area contributed by atoms with Gasteiger partial charge in [0.1, 0.15) is 23.4 Å². The first-order valence-electron chi connectivity index (χ1n) is 9.93. The van der Waals surface area contributed by atoms with Gasteiger partial charge in [-0.15, -0.1) is 0 Å². The summed E-state index contributed by atoms with van der Waals surface area (Å²) in [5.74, 6) is 1.14. The van der Waals surface area contributed by atoms with Crippen molar-refractivity contribution in [1.82, 2.24) is 4.90 Å². The Morgan fingerprint density at radius 3 is 2.80 bits per heavy atom. The Hall–Kier alpha value is -1.35. The van der Waals surface area contributed by atoms with Crippen molar-refractivity contribution < 1.29 is 48.7 Å². The molecule has 0 aromatic carbocycles. The molecule has 3 atom stereocenters. The quantitative estimate of drug-likeness (QED) is 0.320. The Morgan fingerprint density at radius 2 is 2.10 bits per heavy atom. The van der Waals surface area contributed by atoms with E-state index in [2.05, 4.69) is 11.9 Å². The van der Waals surface area contributed by atoms with E-state index in [1.165, 1.54) is 0 Å². The number of aliphatic imine (C=N–C) groups is 1. The zero-order valence-corrected chi connectivity index (χ0v) is 20.4. The van der Waals surface area contributed by atoms with Crippen molar-refractivity contribution in [3.63, 3.8) is 0 Å². The second-order valence-electron chi connectivity index (χ2n) is 7.23. The third-order valence-corrected chi connectivity index (χ3v) is 6.28. The zero-order chi connectivity index (χ0) is 20.8. The number of hydrogen-bond acceptors (Lipinski definition) is 6. The summed E-state index contributed by atoms with van der Waals surface area (Å²) in [6, 6.07) is 0.148. The van der Waals surface area contributed by atoms with Crippen LogP contribution >= 0.6 is 11.8 Å². The topological polar surface area (TPSA) is 90.1 Å². The minimum absolute atomic E-state index is 0. The van der Waals surface area contributed by atoms with E-state index in [4.69, 9.17) is 9.73 Å². The summed E-state index contributed by atoms with van der Waals surface area (Å²) in [5, 5.41) is 2.52. The van der Waals surface area contributed by atoms with Crippen LogP contribution in [0.3, 0.4) is 0 Å². The number of thioether (sulfide) groups is 1. The molecule has 30 heavy (non-hydrogen) atoms. The zero-order valence-electron chi connectivity index (χ0n) is 17.6. The molecule has 3 amide bonds. The minimum atomic E-state index is -0.434. The van der Waals surface area contributed by atoms with Crippen LogP contribution in [-0.2, 0) is 14.3 Å². The van der Waals surface area contributed by atoms with E-state index in [1.807, 2.05) is 6.92 Å². The number of fused-ring (bicyclic) bond motifs is 1. The maximum Gasteiger partial charge on any atom is 1.00 e. The molecule has 2 heterocycles. The van der Waals surface area contributed by atoms with Gasteiger partial charge in [-0.2, -0.15) is 0 Å². The van der Waals surface area contributed by atoms with Crippen LogP contribution in [0.4, 0.5) is 4.79 Å². The van der Waals surface area contributed by atoms with Crippen molar-refractivity contribution in [3.8, 4) is 0 Å². The van der Waals surface area contributed by atoms with Gasteiger partial charge < -0.3 is 19.6 Å². The van der Waals surface area contributed by atoms with Crippen LogP contribution in [0.2, 0.25) is 0 Å². The number of nitrogens with zero attached hydrogens (tertiary/aromatic N) is 3. The van der Waals surface area contributed by atoms with E-state index >= 15 is 0 Å². The predicted molar refractivity (Wildman–Crippen MR) is 114 cm³/mol. The van der Waals surface area contributed by atoms with Crippen LogP contribution in [0, 0.1) is 5.92 Å². The van der Waals surface area contributed by atoms with E-state index in [0.29, 0.717) is 25.3 Å². The fourth-order valence-electron chi connectivity index (χ4n) is 3.80. The Morgan fingerprint density at radius 1 is 1.33 bits per heavy atom. The van der Waals surface area contributed by atoms with Gasteiger partial charge in [-0.05, 0) is 38.3 Å². The summed E-state index contributed by atoms with van der Waals surface area (Å²) >= 11 is 0.949. The summed E-state index contributed by atoms with van der Waals surface area (Å²) in [5.41, 5.74) is 0. The second kappa shape index (κ2) is 11.9. The Kier molecular flexibility index (Phi) is 9.87. The van der Waals surface area contributed by atoms with Gasteiger partial charge in [-0.25, -0.2) is 0 Å². The molecule has 3 rings (SSSR count). The largest absolute Gasteiger partial charge is 1.00 e. The summed E-state index contributed by atoms with van der Waals surface area (Å²) in [4.78, 5) is 41.8. The first-order valence-corrected chi connectivity index (χ1v) is 10.8. The Labute approximate surface area is 203 Å². The van der Waals surface area contributed by atoms with Gasteiger partial charge in [0.25, 0.3) is 0 Å². The van der Waals surface area contributed by atoms with Crippen LogP contribution in [0.15, 0.2) is 41.6 Å². The molecule has 0 aromatic heterocycles. The summed E-state index contributed by atoms with van der Waals surface area (Å²) in [6.45, 7) is 6.41. The van der Waals surface area contributed by atoms with E-state index in [0.717, 1.165) is 43.3 Å². The van der Waals surface area contributed by atoms with Crippen molar-refractivity contribution in [2.45, 2.75) is 50.3 Å². The van der Waals surface area contributed by atoms with E-state index in [1.54, 1.807) is 29.2 Å². The molecule has 1 saturated carbocycles. The van der Waals surface area contributed by atoms with Crippen molar-refractivity contribution in [3.05, 3.63) is 42.0 Å². The van der Waals surface area contributed by atoms with Crippen molar-refractivity contribution in [1.29, 1.82) is 0 Å². The monoisotopic (exact) mass is 439 g/mol. The second-order valence-corrected chi connectivity index (χ2v) is 8.39. The first kappa shape index (κ1) is 24.9. The molecule has 1 aliphatic carbocycles. The number of carbonyl (C=O) groups is 3. The van der Waals surface area contributed by atoms with Gasteiger partial charge in [0.2, 0.25) is 5.91 Å². The smallest absolute Gasteiger partial charge is 0.585 e. The van der Waals surface area contributed by atoms with Crippen LogP contribution in [-0.4, -0.2) is 52.2 Å². The molecule has 2 aliphatic heterocycles. The molecule has 3 unspecified atom stereocenters. The number of ether oxygens (including phenoxy) is 1. The van der Waals surface area contributed by atoms with Crippen LogP contribution in [0.5, 0.6) is 0 Å². The normalized spacial score (nSPS) is 26.8. The number of rotatable bonds is 8. The number of hydrogen-bond donors (Lipinski definition) is 0. The van der Waals surface area contributed by atoms with Gasteiger partial charge in [-0.3, -0.25) is 14.7 Å². The molecule has 0 spiro atoms. The molecule has 1 saturated heterocycles. The fourth-order valence-corrected chi connectivity index (χ4v) is 4.55. The maximum absolute atomic E-state index is 12.8. The third-order valence-electron chi connectivity index (χ3n) is 5.31. The first-order chi connectivity index (χ1) is 14.0. The number of allylic oxidation sites excluding steroid dienone is 4. The van der Waals surface area contributed by atoms with Crippen molar-refractivity contribution in [2.75, 3.05) is 13.2 Å². The summed E-state index contributed by atoms with van der Waals surface area (Å²) < 4.78 is 5.74. The van der Waals surface area contributed by atoms with Crippen LogP contribution in [0.25, 0.3) is 5.32 Å². The fraction of sp³-hybridized carbons (Fsp3) is 0.524. The van der Waals surface area contributed by atoms with Gasteiger partial charge in [0, 0.05) is 0 Å². The number of imide groups is 1. The summed E-state index contributed by atoms with van der Waals surface area (Å²) in [7, 11) is 0. The SMILES string of the molecule is C=C/C(=C\C=C\CC1SC(=O)[N-]C1=O)OCCN1C(=O)C2CCCCC2N=C1C.[Na+]. The average Bonchev–Trinajstić information content (AvgIpc) is 3.03. The van der Waals surface area contributed by atoms with Crippen LogP contribution in [0.1, 0.15) is 39.0 Å². The van der Waals surface area contributed by atoms with Crippen molar-refractivity contribution >= 4 is 34.7 Å². The van der Waals surface area contributed by atoms with Gasteiger partial charge in [0.15, 0.2) is 0 Å². The molecule has 7 nitrogen and oxygen atoms in total. The molecule has 0 radical (unpaired) electrons. The molecule has 0 aromatic rings. The number of amides is 3. The van der Waals surface area contributed by atoms with E-state index in [-0.39, 0.29) is 53.3 Å². The molecule has 156 valence electrons.